The van der Waals surface area contributed by atoms with E-state index in [9.17, 15) is 13.6 Å². The van der Waals surface area contributed by atoms with Crippen molar-refractivity contribution < 1.29 is 27.5 Å². The number of hydrogen-bond acceptors (Lipinski definition) is 5. The largest absolute Gasteiger partial charge is 0.486 e. The fourth-order valence-electron chi connectivity index (χ4n) is 3.57. The number of rotatable bonds is 8. The first-order valence-electron chi connectivity index (χ1n) is 10.4. The summed E-state index contributed by atoms with van der Waals surface area (Å²) in [5.74, 6) is 0.153. The number of morpholine rings is 1. The van der Waals surface area contributed by atoms with Crippen LogP contribution in [-0.4, -0.2) is 43.7 Å². The normalized spacial score (nSPS) is 15.3. The van der Waals surface area contributed by atoms with E-state index >= 15 is 0 Å². The lowest BCUT2D eigenvalue weighted by atomic mass is 10.0. The van der Waals surface area contributed by atoms with Crippen molar-refractivity contribution in [3.63, 3.8) is 0 Å². The van der Waals surface area contributed by atoms with Gasteiger partial charge in [0.2, 0.25) is 0 Å². The molecule has 1 fully saturated rings. The Bertz CT molecular complexity index is 1020. The van der Waals surface area contributed by atoms with Gasteiger partial charge in [-0.3, -0.25) is 9.69 Å². The van der Waals surface area contributed by atoms with Crippen molar-refractivity contribution in [3.05, 3.63) is 89.4 Å². The van der Waals surface area contributed by atoms with Crippen molar-refractivity contribution in [1.82, 2.24) is 10.2 Å². The minimum Gasteiger partial charge on any atom is -0.486 e. The molecule has 2 heterocycles. The molecule has 0 aliphatic carbocycles. The van der Waals surface area contributed by atoms with Crippen molar-refractivity contribution in [2.24, 2.45) is 0 Å². The molecule has 1 N–H and O–H groups in total. The summed E-state index contributed by atoms with van der Waals surface area (Å²) in [6.45, 7) is 3.13. The second-order valence-electron chi connectivity index (χ2n) is 7.43. The summed E-state index contributed by atoms with van der Waals surface area (Å²) in [6, 6.07) is 15.1. The zero-order valence-corrected chi connectivity index (χ0v) is 17.4. The van der Waals surface area contributed by atoms with Gasteiger partial charge in [0.25, 0.3) is 5.91 Å². The third-order valence-corrected chi connectivity index (χ3v) is 5.28. The summed E-state index contributed by atoms with van der Waals surface area (Å²) in [6.07, 6.45) is 0. The first-order chi connectivity index (χ1) is 15.6. The Labute approximate surface area is 184 Å². The Morgan fingerprint density at radius 1 is 0.969 bits per heavy atom. The number of amides is 1. The predicted octanol–water partition coefficient (Wildman–Crippen LogP) is 3.94. The van der Waals surface area contributed by atoms with Crippen LogP contribution < -0.4 is 10.1 Å². The highest BCUT2D eigenvalue weighted by atomic mass is 19.1. The van der Waals surface area contributed by atoms with Gasteiger partial charge >= 0.3 is 0 Å². The van der Waals surface area contributed by atoms with Gasteiger partial charge in [0.05, 0.1) is 19.3 Å². The summed E-state index contributed by atoms with van der Waals surface area (Å²) < 4.78 is 42.9. The number of ether oxygens (including phenoxy) is 2. The summed E-state index contributed by atoms with van der Waals surface area (Å²) in [7, 11) is 0. The van der Waals surface area contributed by atoms with Crippen molar-refractivity contribution in [3.8, 4) is 5.75 Å². The molecule has 168 valence electrons. The number of benzene rings is 2. The Morgan fingerprint density at radius 2 is 1.62 bits per heavy atom. The first-order valence-corrected chi connectivity index (χ1v) is 10.4. The van der Waals surface area contributed by atoms with Crippen LogP contribution in [0.25, 0.3) is 0 Å². The molecule has 6 nitrogen and oxygen atoms in total. The monoisotopic (exact) mass is 442 g/mol. The summed E-state index contributed by atoms with van der Waals surface area (Å²) in [5, 5.41) is 2.91. The molecule has 1 aromatic heterocycles. The zero-order valence-electron chi connectivity index (χ0n) is 17.4. The smallest absolute Gasteiger partial charge is 0.287 e. The number of nitrogens with zero attached hydrogens (tertiary/aromatic N) is 1. The molecular weight excluding hydrogens is 418 g/mol. The molecule has 1 aliphatic rings. The Morgan fingerprint density at radius 3 is 2.31 bits per heavy atom. The molecule has 4 rings (SSSR count). The van der Waals surface area contributed by atoms with E-state index in [-0.39, 0.29) is 36.0 Å². The van der Waals surface area contributed by atoms with E-state index in [0.717, 1.165) is 18.7 Å². The number of carbonyl (C=O) groups is 1. The van der Waals surface area contributed by atoms with Crippen LogP contribution in [0.4, 0.5) is 8.78 Å². The molecule has 0 spiro atoms. The molecule has 2 aromatic carbocycles. The van der Waals surface area contributed by atoms with Gasteiger partial charge in [-0.15, -0.1) is 0 Å². The predicted molar refractivity (Wildman–Crippen MR) is 113 cm³/mol. The maximum Gasteiger partial charge on any atom is 0.287 e. The van der Waals surface area contributed by atoms with Gasteiger partial charge in [0, 0.05) is 19.6 Å². The molecule has 1 atom stereocenters. The highest BCUT2D eigenvalue weighted by Gasteiger charge is 2.24. The lowest BCUT2D eigenvalue weighted by molar-refractivity contribution is 0.0161. The SMILES string of the molecule is O=C(NCC(c1ccc(F)cc1)N1CCOCC1)c1ccc(COc2ccc(F)cc2)o1. The summed E-state index contributed by atoms with van der Waals surface area (Å²) in [5.41, 5.74) is 0.918. The Hall–Kier alpha value is -3.23. The highest BCUT2D eigenvalue weighted by molar-refractivity contribution is 5.91. The van der Waals surface area contributed by atoms with E-state index in [1.54, 1.807) is 24.3 Å². The fourth-order valence-corrected chi connectivity index (χ4v) is 3.57. The second kappa shape index (κ2) is 10.4. The molecule has 1 saturated heterocycles. The van der Waals surface area contributed by atoms with Crippen LogP contribution in [0.15, 0.2) is 65.1 Å². The molecule has 3 aromatic rings. The van der Waals surface area contributed by atoms with Gasteiger partial charge in [-0.05, 0) is 54.1 Å². The van der Waals surface area contributed by atoms with Gasteiger partial charge in [-0.1, -0.05) is 12.1 Å². The quantitative estimate of drug-likeness (QED) is 0.573. The van der Waals surface area contributed by atoms with E-state index in [1.165, 1.54) is 36.4 Å². The molecule has 1 unspecified atom stereocenters. The van der Waals surface area contributed by atoms with Crippen molar-refractivity contribution in [1.29, 1.82) is 0 Å². The summed E-state index contributed by atoms with van der Waals surface area (Å²) >= 11 is 0. The van der Waals surface area contributed by atoms with Crippen molar-refractivity contribution in [2.75, 3.05) is 32.8 Å². The Balaban J connectivity index is 1.36. The van der Waals surface area contributed by atoms with Gasteiger partial charge in [-0.25, -0.2) is 8.78 Å². The van der Waals surface area contributed by atoms with Crippen LogP contribution in [0.1, 0.15) is 27.9 Å². The van der Waals surface area contributed by atoms with Gasteiger partial charge in [-0.2, -0.15) is 0 Å². The van der Waals surface area contributed by atoms with Crippen LogP contribution in [0, 0.1) is 11.6 Å². The lowest BCUT2D eigenvalue weighted by Crippen LogP contribution is -2.43. The molecular formula is C24H24F2N2O4. The number of furan rings is 1. The molecule has 0 saturated carbocycles. The third kappa shape index (κ3) is 5.72. The molecule has 0 bridgehead atoms. The van der Waals surface area contributed by atoms with Gasteiger partial charge < -0.3 is 19.2 Å². The average molecular weight is 442 g/mol. The van der Waals surface area contributed by atoms with Crippen LogP contribution in [0.2, 0.25) is 0 Å². The Kier molecular flexibility index (Phi) is 7.14. The van der Waals surface area contributed by atoms with E-state index in [2.05, 4.69) is 10.2 Å². The molecule has 1 amide bonds. The zero-order chi connectivity index (χ0) is 22.3. The highest BCUT2D eigenvalue weighted by Crippen LogP contribution is 2.22. The summed E-state index contributed by atoms with van der Waals surface area (Å²) in [4.78, 5) is 14.9. The maximum atomic E-state index is 13.4. The third-order valence-electron chi connectivity index (χ3n) is 5.28. The van der Waals surface area contributed by atoms with Crippen LogP contribution in [-0.2, 0) is 11.3 Å². The van der Waals surface area contributed by atoms with E-state index < -0.39 is 0 Å². The van der Waals surface area contributed by atoms with Crippen LogP contribution in [0.5, 0.6) is 5.75 Å². The minimum absolute atomic E-state index is 0.111. The van der Waals surface area contributed by atoms with Crippen LogP contribution in [0.3, 0.4) is 0 Å². The van der Waals surface area contributed by atoms with Crippen molar-refractivity contribution >= 4 is 5.91 Å². The van der Waals surface area contributed by atoms with E-state index in [1.807, 2.05) is 0 Å². The molecule has 8 heteroatoms. The topological polar surface area (TPSA) is 63.9 Å². The minimum atomic E-state index is -0.349. The first kappa shape index (κ1) is 22.0. The second-order valence-corrected chi connectivity index (χ2v) is 7.43. The number of nitrogens with one attached hydrogen (secondary N) is 1. The molecule has 32 heavy (non-hydrogen) atoms. The number of carbonyl (C=O) groups excluding carboxylic acids is 1. The maximum absolute atomic E-state index is 13.4. The van der Waals surface area contributed by atoms with E-state index in [0.29, 0.717) is 31.3 Å². The number of halogens is 2. The molecule has 1 aliphatic heterocycles. The van der Waals surface area contributed by atoms with Crippen molar-refractivity contribution in [2.45, 2.75) is 12.6 Å². The van der Waals surface area contributed by atoms with Gasteiger partial charge in [0.15, 0.2) is 5.76 Å². The van der Waals surface area contributed by atoms with E-state index in [4.69, 9.17) is 13.9 Å². The fraction of sp³-hybridized carbons (Fsp3) is 0.292. The van der Waals surface area contributed by atoms with Gasteiger partial charge in [0.1, 0.15) is 29.8 Å². The lowest BCUT2D eigenvalue weighted by Gasteiger charge is -2.34. The standard InChI is InChI=1S/C24H24F2N2O4/c25-18-3-1-17(2-4-18)22(28-11-13-30-14-12-28)15-27-24(29)23-10-9-21(32-23)16-31-20-7-5-19(26)6-8-20/h1-10,22H,11-16H2,(H,27,29). The number of hydrogen-bond donors (Lipinski definition) is 1. The van der Waals surface area contributed by atoms with Crippen LogP contribution >= 0.6 is 0 Å². The molecule has 0 radical (unpaired) electrons. The average Bonchev–Trinajstić information content (AvgIpc) is 3.30.